The van der Waals surface area contributed by atoms with Gasteiger partial charge in [-0.2, -0.15) is 0 Å². The fourth-order valence-corrected chi connectivity index (χ4v) is 2.00. The summed E-state index contributed by atoms with van der Waals surface area (Å²) < 4.78 is 0. The predicted octanol–water partition coefficient (Wildman–Crippen LogP) is 2.64. The molecule has 0 saturated carbocycles. The molecule has 1 atom stereocenters. The maximum absolute atomic E-state index is 12.0. The van der Waals surface area contributed by atoms with Crippen molar-refractivity contribution in [2.24, 2.45) is 0 Å². The van der Waals surface area contributed by atoms with E-state index >= 15 is 0 Å². The highest BCUT2D eigenvalue weighted by Gasteiger charge is 2.12. The standard InChI is InChI=1S/C17H21N3O/c1-13-9-10-15(12-18-13)17(21)19-11-14(2)20(3)16-7-5-4-6-8-16/h4-10,12,14H,11H2,1-3H3,(H,19,21). The smallest absolute Gasteiger partial charge is 0.252 e. The average molecular weight is 283 g/mol. The van der Waals surface area contributed by atoms with Crippen LogP contribution in [0.5, 0.6) is 0 Å². The van der Waals surface area contributed by atoms with Gasteiger partial charge in [-0.05, 0) is 38.1 Å². The number of carbonyl (C=O) groups excluding carboxylic acids is 1. The Bertz CT molecular complexity index is 581. The Balaban J connectivity index is 1.90. The second kappa shape index (κ2) is 6.88. The first-order chi connectivity index (χ1) is 10.1. The number of aryl methyl sites for hydroxylation is 1. The van der Waals surface area contributed by atoms with E-state index in [-0.39, 0.29) is 11.9 Å². The van der Waals surface area contributed by atoms with Gasteiger partial charge < -0.3 is 10.2 Å². The van der Waals surface area contributed by atoms with E-state index in [0.29, 0.717) is 12.1 Å². The molecule has 2 aromatic rings. The molecule has 0 fully saturated rings. The molecule has 0 radical (unpaired) electrons. The largest absolute Gasteiger partial charge is 0.370 e. The SMILES string of the molecule is Cc1ccc(C(=O)NCC(C)N(C)c2ccccc2)cn1. The molecule has 0 aliphatic heterocycles. The third-order valence-electron chi connectivity index (χ3n) is 3.56. The molecule has 1 aromatic heterocycles. The molecule has 2 rings (SSSR count). The predicted molar refractivity (Wildman–Crippen MR) is 85.6 cm³/mol. The van der Waals surface area contributed by atoms with E-state index in [0.717, 1.165) is 11.4 Å². The van der Waals surface area contributed by atoms with Crippen molar-refractivity contribution in [2.75, 3.05) is 18.5 Å². The minimum absolute atomic E-state index is 0.0872. The van der Waals surface area contributed by atoms with E-state index < -0.39 is 0 Å². The van der Waals surface area contributed by atoms with Crippen molar-refractivity contribution in [1.29, 1.82) is 0 Å². The van der Waals surface area contributed by atoms with E-state index in [1.54, 1.807) is 12.3 Å². The van der Waals surface area contributed by atoms with Crippen LogP contribution in [-0.4, -0.2) is 30.5 Å². The average Bonchev–Trinajstić information content (AvgIpc) is 2.53. The van der Waals surface area contributed by atoms with Crippen LogP contribution >= 0.6 is 0 Å². The number of hydrogen-bond acceptors (Lipinski definition) is 3. The number of amides is 1. The summed E-state index contributed by atoms with van der Waals surface area (Å²) in [4.78, 5) is 18.3. The molecule has 0 saturated heterocycles. The molecule has 0 spiro atoms. The maximum Gasteiger partial charge on any atom is 0.252 e. The van der Waals surface area contributed by atoms with Gasteiger partial charge in [-0.1, -0.05) is 18.2 Å². The first-order valence-electron chi connectivity index (χ1n) is 7.06. The summed E-state index contributed by atoms with van der Waals surface area (Å²) in [6, 6.07) is 14.0. The summed E-state index contributed by atoms with van der Waals surface area (Å²) >= 11 is 0. The number of benzene rings is 1. The van der Waals surface area contributed by atoms with Gasteiger partial charge in [-0.3, -0.25) is 9.78 Å². The van der Waals surface area contributed by atoms with Crippen LogP contribution in [0.4, 0.5) is 5.69 Å². The second-order valence-electron chi connectivity index (χ2n) is 5.19. The number of nitrogens with zero attached hydrogens (tertiary/aromatic N) is 2. The monoisotopic (exact) mass is 283 g/mol. The number of para-hydroxylation sites is 1. The molecule has 1 aromatic carbocycles. The zero-order valence-corrected chi connectivity index (χ0v) is 12.7. The van der Waals surface area contributed by atoms with Crippen LogP contribution in [0, 0.1) is 6.92 Å². The van der Waals surface area contributed by atoms with Crippen molar-refractivity contribution in [3.8, 4) is 0 Å². The van der Waals surface area contributed by atoms with Crippen molar-refractivity contribution in [1.82, 2.24) is 10.3 Å². The van der Waals surface area contributed by atoms with E-state index in [4.69, 9.17) is 0 Å². The molecule has 0 aliphatic rings. The molecule has 0 bridgehead atoms. The molecule has 0 aliphatic carbocycles. The summed E-state index contributed by atoms with van der Waals surface area (Å²) in [6.07, 6.45) is 1.61. The Kier molecular flexibility index (Phi) is 4.93. The molecular weight excluding hydrogens is 262 g/mol. The van der Waals surface area contributed by atoms with Crippen LogP contribution < -0.4 is 10.2 Å². The number of likely N-dealkylation sites (N-methyl/N-ethyl adjacent to an activating group) is 1. The highest BCUT2D eigenvalue weighted by molar-refractivity contribution is 5.93. The zero-order chi connectivity index (χ0) is 15.2. The molecular formula is C17H21N3O. The molecule has 110 valence electrons. The van der Waals surface area contributed by atoms with Crippen LogP contribution in [-0.2, 0) is 0 Å². The van der Waals surface area contributed by atoms with Gasteiger partial charge in [0.05, 0.1) is 5.56 Å². The minimum Gasteiger partial charge on any atom is -0.370 e. The fraction of sp³-hybridized carbons (Fsp3) is 0.294. The lowest BCUT2D eigenvalue weighted by atomic mass is 10.2. The van der Waals surface area contributed by atoms with Crippen LogP contribution in [0.3, 0.4) is 0 Å². The van der Waals surface area contributed by atoms with Crippen molar-refractivity contribution >= 4 is 11.6 Å². The highest BCUT2D eigenvalue weighted by atomic mass is 16.1. The number of hydrogen-bond donors (Lipinski definition) is 1. The van der Waals surface area contributed by atoms with Gasteiger partial charge in [-0.15, -0.1) is 0 Å². The van der Waals surface area contributed by atoms with Crippen LogP contribution in [0.1, 0.15) is 23.0 Å². The number of pyridine rings is 1. The third-order valence-corrected chi connectivity index (χ3v) is 3.56. The molecule has 4 heteroatoms. The normalized spacial score (nSPS) is 11.8. The number of aromatic nitrogens is 1. The van der Waals surface area contributed by atoms with Gasteiger partial charge in [0, 0.05) is 37.2 Å². The van der Waals surface area contributed by atoms with Crippen molar-refractivity contribution < 1.29 is 4.79 Å². The topological polar surface area (TPSA) is 45.2 Å². The van der Waals surface area contributed by atoms with Gasteiger partial charge in [-0.25, -0.2) is 0 Å². The number of anilines is 1. The van der Waals surface area contributed by atoms with E-state index in [2.05, 4.69) is 34.3 Å². The van der Waals surface area contributed by atoms with Gasteiger partial charge in [0.25, 0.3) is 5.91 Å². The van der Waals surface area contributed by atoms with E-state index in [9.17, 15) is 4.79 Å². The lowest BCUT2D eigenvalue weighted by Gasteiger charge is -2.27. The molecule has 1 amide bonds. The first kappa shape index (κ1) is 15.0. The Morgan fingerprint density at radius 1 is 1.24 bits per heavy atom. The van der Waals surface area contributed by atoms with E-state index in [1.165, 1.54) is 0 Å². The Hall–Kier alpha value is -2.36. The molecule has 1 heterocycles. The number of carbonyl (C=O) groups is 1. The van der Waals surface area contributed by atoms with E-state index in [1.807, 2.05) is 38.2 Å². The Labute approximate surface area is 125 Å². The molecule has 21 heavy (non-hydrogen) atoms. The van der Waals surface area contributed by atoms with Crippen molar-refractivity contribution in [3.05, 3.63) is 59.9 Å². The van der Waals surface area contributed by atoms with Crippen LogP contribution in [0.15, 0.2) is 48.7 Å². The minimum atomic E-state index is -0.0872. The zero-order valence-electron chi connectivity index (χ0n) is 12.7. The highest BCUT2D eigenvalue weighted by Crippen LogP contribution is 2.13. The van der Waals surface area contributed by atoms with Gasteiger partial charge in [0.2, 0.25) is 0 Å². The van der Waals surface area contributed by atoms with Crippen molar-refractivity contribution in [3.63, 3.8) is 0 Å². The van der Waals surface area contributed by atoms with Crippen molar-refractivity contribution in [2.45, 2.75) is 19.9 Å². The summed E-state index contributed by atoms with van der Waals surface area (Å²) in [6.45, 7) is 4.57. The third kappa shape index (κ3) is 4.05. The van der Waals surface area contributed by atoms with Crippen LogP contribution in [0.25, 0.3) is 0 Å². The summed E-state index contributed by atoms with van der Waals surface area (Å²) in [5.41, 5.74) is 2.63. The summed E-state index contributed by atoms with van der Waals surface area (Å²) in [7, 11) is 2.03. The lowest BCUT2D eigenvalue weighted by Crippen LogP contribution is -2.40. The molecule has 4 nitrogen and oxygen atoms in total. The quantitative estimate of drug-likeness (QED) is 0.917. The Morgan fingerprint density at radius 3 is 2.57 bits per heavy atom. The maximum atomic E-state index is 12.0. The van der Waals surface area contributed by atoms with Gasteiger partial charge >= 0.3 is 0 Å². The molecule has 1 unspecified atom stereocenters. The first-order valence-corrected chi connectivity index (χ1v) is 7.06. The summed E-state index contributed by atoms with van der Waals surface area (Å²) in [5.74, 6) is -0.0872. The summed E-state index contributed by atoms with van der Waals surface area (Å²) in [5, 5.41) is 2.95. The Morgan fingerprint density at radius 2 is 1.95 bits per heavy atom. The number of nitrogens with one attached hydrogen (secondary N) is 1. The number of rotatable bonds is 5. The lowest BCUT2D eigenvalue weighted by molar-refractivity contribution is 0.0951. The molecule has 1 N–H and O–H groups in total. The van der Waals surface area contributed by atoms with Crippen LogP contribution in [0.2, 0.25) is 0 Å². The fourth-order valence-electron chi connectivity index (χ4n) is 2.00. The second-order valence-corrected chi connectivity index (χ2v) is 5.19. The van der Waals surface area contributed by atoms with Gasteiger partial charge in [0.15, 0.2) is 0 Å². The van der Waals surface area contributed by atoms with Gasteiger partial charge in [0.1, 0.15) is 0 Å².